The first kappa shape index (κ1) is 14.9. The molecule has 0 aliphatic heterocycles. The molecule has 20 heavy (non-hydrogen) atoms. The third-order valence-electron chi connectivity index (χ3n) is 3.93. The molecule has 1 aromatic rings. The van der Waals surface area contributed by atoms with Gasteiger partial charge in [0.25, 0.3) is 0 Å². The van der Waals surface area contributed by atoms with E-state index in [0.717, 1.165) is 0 Å². The molecular formula is C14H20F2N2O2. The Kier molecular flexibility index (Phi) is 3.84. The maximum atomic E-state index is 13.3. The lowest BCUT2D eigenvalue weighted by Crippen LogP contribution is -2.43. The minimum atomic E-state index is -2.75. The maximum Gasteiger partial charge on any atom is 0.315 e. The van der Waals surface area contributed by atoms with Gasteiger partial charge in [0.05, 0.1) is 5.69 Å². The van der Waals surface area contributed by atoms with E-state index in [2.05, 4.69) is 5.10 Å². The average Bonchev–Trinajstić information content (AvgIpc) is 2.77. The molecule has 6 heteroatoms. The van der Waals surface area contributed by atoms with E-state index in [1.165, 1.54) is 0 Å². The summed E-state index contributed by atoms with van der Waals surface area (Å²) in [7, 11) is 0. The summed E-state index contributed by atoms with van der Waals surface area (Å²) in [4.78, 5) is 11.6. The first-order valence-corrected chi connectivity index (χ1v) is 6.90. The summed E-state index contributed by atoms with van der Waals surface area (Å²) < 4.78 is 28.3. The zero-order valence-electron chi connectivity index (χ0n) is 11.8. The van der Waals surface area contributed by atoms with Crippen LogP contribution in [0, 0.1) is 5.92 Å². The average molecular weight is 286 g/mol. The van der Waals surface area contributed by atoms with Gasteiger partial charge in [0.15, 0.2) is 0 Å². The highest BCUT2D eigenvalue weighted by Gasteiger charge is 2.50. The largest absolute Gasteiger partial charge is 0.481 e. The van der Waals surface area contributed by atoms with E-state index in [1.54, 1.807) is 16.9 Å². The van der Waals surface area contributed by atoms with Crippen LogP contribution in [0.25, 0.3) is 0 Å². The van der Waals surface area contributed by atoms with Crippen LogP contribution < -0.4 is 0 Å². The molecule has 0 saturated heterocycles. The Morgan fingerprint density at radius 3 is 2.50 bits per heavy atom. The van der Waals surface area contributed by atoms with Crippen molar-refractivity contribution < 1.29 is 18.7 Å². The second kappa shape index (κ2) is 5.14. The monoisotopic (exact) mass is 286 g/mol. The number of hydrogen-bond acceptors (Lipinski definition) is 2. The third-order valence-corrected chi connectivity index (χ3v) is 3.93. The zero-order valence-corrected chi connectivity index (χ0v) is 11.8. The number of carboxylic acid groups (broad SMARTS) is 1. The van der Waals surface area contributed by atoms with Crippen molar-refractivity contribution >= 4 is 5.97 Å². The van der Waals surface area contributed by atoms with E-state index in [4.69, 9.17) is 0 Å². The lowest BCUT2D eigenvalue weighted by atomic mass is 9.70. The van der Waals surface area contributed by atoms with Crippen molar-refractivity contribution in [2.45, 2.75) is 57.4 Å². The minimum Gasteiger partial charge on any atom is -0.481 e. The molecule has 0 unspecified atom stereocenters. The summed E-state index contributed by atoms with van der Waals surface area (Å²) in [5.74, 6) is -3.42. The molecule has 112 valence electrons. The Labute approximate surface area is 116 Å². The van der Waals surface area contributed by atoms with Crippen molar-refractivity contribution in [3.8, 4) is 0 Å². The molecule has 2 rings (SSSR count). The van der Waals surface area contributed by atoms with Gasteiger partial charge in [-0.05, 0) is 24.8 Å². The van der Waals surface area contributed by atoms with Crippen LogP contribution in [0.2, 0.25) is 0 Å². The molecule has 0 amide bonds. The number of alkyl halides is 2. The summed E-state index contributed by atoms with van der Waals surface area (Å²) in [5, 5.41) is 13.8. The number of carboxylic acids is 1. The first-order chi connectivity index (χ1) is 9.25. The molecule has 1 heterocycles. The molecule has 1 aliphatic carbocycles. The highest BCUT2D eigenvalue weighted by atomic mass is 19.3. The minimum absolute atomic E-state index is 0.0615. The van der Waals surface area contributed by atoms with Crippen LogP contribution in [0.1, 0.15) is 45.2 Å². The second-order valence-electron chi connectivity index (χ2n) is 6.06. The second-order valence-corrected chi connectivity index (χ2v) is 6.06. The Balaban J connectivity index is 2.25. The maximum absolute atomic E-state index is 13.3. The van der Waals surface area contributed by atoms with Crippen LogP contribution in [0.15, 0.2) is 12.3 Å². The number of carbonyl (C=O) groups is 1. The van der Waals surface area contributed by atoms with E-state index in [9.17, 15) is 18.7 Å². The molecule has 1 fully saturated rings. The van der Waals surface area contributed by atoms with Gasteiger partial charge in [-0.2, -0.15) is 5.10 Å². The topological polar surface area (TPSA) is 55.1 Å². The molecule has 0 bridgehead atoms. The molecule has 1 aromatic heterocycles. The van der Waals surface area contributed by atoms with Crippen molar-refractivity contribution in [2.24, 2.45) is 5.92 Å². The fourth-order valence-electron chi connectivity index (χ4n) is 2.71. The Hall–Kier alpha value is -1.46. The zero-order chi connectivity index (χ0) is 15.0. The van der Waals surface area contributed by atoms with Crippen molar-refractivity contribution in [1.82, 2.24) is 9.78 Å². The van der Waals surface area contributed by atoms with Gasteiger partial charge in [0.1, 0.15) is 5.41 Å². The number of nitrogens with zero attached hydrogens (tertiary/aromatic N) is 2. The predicted octanol–water partition coefficient (Wildman–Crippen LogP) is 3.07. The summed E-state index contributed by atoms with van der Waals surface area (Å²) in [6, 6.07) is 1.65. The molecule has 0 radical (unpaired) electrons. The number of aliphatic carboxylic acids is 1. The summed E-state index contributed by atoms with van der Waals surface area (Å²) in [6.07, 6.45) is 0.821. The van der Waals surface area contributed by atoms with E-state index in [1.807, 2.05) is 13.8 Å². The lowest BCUT2D eigenvalue weighted by Gasteiger charge is -2.35. The van der Waals surface area contributed by atoms with E-state index >= 15 is 0 Å². The van der Waals surface area contributed by atoms with Gasteiger partial charge < -0.3 is 5.11 Å². The number of rotatable bonds is 4. The van der Waals surface area contributed by atoms with Crippen molar-refractivity contribution in [3.05, 3.63) is 18.0 Å². The Bertz CT molecular complexity index is 487. The molecular weight excluding hydrogens is 266 g/mol. The van der Waals surface area contributed by atoms with E-state index < -0.39 is 30.1 Å². The normalized spacial score (nSPS) is 21.1. The van der Waals surface area contributed by atoms with E-state index in [0.29, 0.717) is 18.2 Å². The molecule has 1 aliphatic rings. The molecule has 4 nitrogen and oxygen atoms in total. The fraction of sp³-hybridized carbons (Fsp3) is 0.714. The molecule has 0 aromatic carbocycles. The molecule has 1 saturated carbocycles. The third kappa shape index (κ3) is 2.83. The smallest absolute Gasteiger partial charge is 0.315 e. The van der Waals surface area contributed by atoms with Gasteiger partial charge in [0, 0.05) is 25.6 Å². The van der Waals surface area contributed by atoms with Gasteiger partial charge in [-0.25, -0.2) is 8.78 Å². The highest BCUT2D eigenvalue weighted by Crippen LogP contribution is 2.45. The van der Waals surface area contributed by atoms with Crippen LogP contribution in [0.3, 0.4) is 0 Å². The van der Waals surface area contributed by atoms with Gasteiger partial charge in [0.2, 0.25) is 5.92 Å². The summed E-state index contributed by atoms with van der Waals surface area (Å²) in [6.45, 7) is 4.76. The van der Waals surface area contributed by atoms with Crippen LogP contribution in [0.5, 0.6) is 0 Å². The quantitative estimate of drug-likeness (QED) is 0.925. The van der Waals surface area contributed by atoms with Gasteiger partial charge in [-0.1, -0.05) is 13.8 Å². The van der Waals surface area contributed by atoms with Crippen LogP contribution >= 0.6 is 0 Å². The van der Waals surface area contributed by atoms with Crippen molar-refractivity contribution in [1.29, 1.82) is 0 Å². The first-order valence-electron chi connectivity index (χ1n) is 6.90. The Morgan fingerprint density at radius 1 is 1.40 bits per heavy atom. The standard InChI is InChI=1S/C14H20F2N2O2/c1-10(2)9-18-8-3-11(17-18)13(12(19)20)4-6-14(15,16)7-5-13/h3,8,10H,4-7,9H2,1-2H3,(H,19,20). The molecule has 1 N–H and O–H groups in total. The summed E-state index contributed by atoms with van der Waals surface area (Å²) >= 11 is 0. The lowest BCUT2D eigenvalue weighted by molar-refractivity contribution is -0.149. The van der Waals surface area contributed by atoms with Gasteiger partial charge in [-0.3, -0.25) is 9.48 Å². The fourth-order valence-corrected chi connectivity index (χ4v) is 2.71. The van der Waals surface area contributed by atoms with Crippen LogP contribution in [-0.4, -0.2) is 26.8 Å². The van der Waals surface area contributed by atoms with E-state index in [-0.39, 0.29) is 12.8 Å². The Morgan fingerprint density at radius 2 is 2.00 bits per heavy atom. The number of aromatic nitrogens is 2. The predicted molar refractivity (Wildman–Crippen MR) is 69.8 cm³/mol. The number of hydrogen-bond donors (Lipinski definition) is 1. The van der Waals surface area contributed by atoms with Gasteiger partial charge in [-0.15, -0.1) is 0 Å². The van der Waals surface area contributed by atoms with Crippen molar-refractivity contribution in [3.63, 3.8) is 0 Å². The van der Waals surface area contributed by atoms with Crippen LogP contribution in [-0.2, 0) is 16.8 Å². The summed E-state index contributed by atoms with van der Waals surface area (Å²) in [5.41, 5.74) is -0.856. The van der Waals surface area contributed by atoms with Gasteiger partial charge >= 0.3 is 5.97 Å². The molecule has 0 atom stereocenters. The SMILES string of the molecule is CC(C)Cn1ccc(C2(C(=O)O)CCC(F)(F)CC2)n1. The molecule has 0 spiro atoms. The van der Waals surface area contributed by atoms with Crippen LogP contribution in [0.4, 0.5) is 8.78 Å². The highest BCUT2D eigenvalue weighted by molar-refractivity contribution is 5.80. The van der Waals surface area contributed by atoms with Crippen molar-refractivity contribution in [2.75, 3.05) is 0 Å². The number of halogens is 2.